The maximum atomic E-state index is 13.9. The number of allylic oxidation sites excluding steroid dienone is 1. The first-order chi connectivity index (χ1) is 19.0. The summed E-state index contributed by atoms with van der Waals surface area (Å²) in [5.74, 6) is 0.609. The number of esters is 1. The molecular weight excluding hydrogens is 512 g/mol. The molecular formula is C31H28N2O5S. The topological polar surface area (TPSA) is 79.1 Å². The Morgan fingerprint density at radius 2 is 1.72 bits per heavy atom. The van der Waals surface area contributed by atoms with Crippen LogP contribution in [-0.2, 0) is 16.1 Å². The molecule has 0 saturated carbocycles. The minimum absolute atomic E-state index is 0.249. The molecule has 1 aliphatic rings. The summed E-state index contributed by atoms with van der Waals surface area (Å²) >= 11 is 1.28. The Labute approximate surface area is 229 Å². The largest absolute Gasteiger partial charge is 0.493 e. The molecule has 3 aromatic carbocycles. The normalized spacial score (nSPS) is 14.9. The van der Waals surface area contributed by atoms with Crippen molar-refractivity contribution in [1.82, 2.24) is 4.57 Å². The van der Waals surface area contributed by atoms with Crippen molar-refractivity contribution < 1.29 is 19.0 Å². The van der Waals surface area contributed by atoms with Crippen molar-refractivity contribution in [2.75, 3.05) is 14.2 Å². The average molecular weight is 541 g/mol. The van der Waals surface area contributed by atoms with Crippen LogP contribution in [0.25, 0.3) is 6.08 Å². The summed E-state index contributed by atoms with van der Waals surface area (Å²) in [6.45, 7) is 2.28. The Morgan fingerprint density at radius 1 is 1.00 bits per heavy atom. The van der Waals surface area contributed by atoms with Crippen molar-refractivity contribution in [3.8, 4) is 11.5 Å². The lowest BCUT2D eigenvalue weighted by Crippen LogP contribution is -2.40. The Bertz CT molecular complexity index is 1710. The van der Waals surface area contributed by atoms with Gasteiger partial charge in [0.15, 0.2) is 16.3 Å². The van der Waals surface area contributed by atoms with Gasteiger partial charge in [-0.05, 0) is 29.7 Å². The van der Waals surface area contributed by atoms with Gasteiger partial charge in [-0.2, -0.15) is 0 Å². The van der Waals surface area contributed by atoms with E-state index in [1.165, 1.54) is 18.4 Å². The summed E-state index contributed by atoms with van der Waals surface area (Å²) in [7, 11) is 2.93. The van der Waals surface area contributed by atoms with Crippen LogP contribution >= 0.6 is 11.3 Å². The highest BCUT2D eigenvalue weighted by molar-refractivity contribution is 7.07. The molecule has 0 radical (unpaired) electrons. The van der Waals surface area contributed by atoms with Crippen LogP contribution in [0.15, 0.2) is 99.9 Å². The van der Waals surface area contributed by atoms with Crippen molar-refractivity contribution >= 4 is 23.4 Å². The molecule has 5 rings (SSSR count). The first kappa shape index (κ1) is 26.2. The standard InChI is InChI=1S/C31H28N2O5S/c1-4-23-26(30(35)37-3)27(21-14-9-6-10-15-21)33-29(34)25(39-31(33)32-23)18-22-16-11-17-24(36-2)28(22)38-19-20-12-7-5-8-13-20/h5-18,27H,4,19H2,1-3H3/b25-18+/t27-/m1/s1. The Balaban J connectivity index is 1.67. The van der Waals surface area contributed by atoms with Crippen LogP contribution in [0.3, 0.4) is 0 Å². The Morgan fingerprint density at radius 3 is 2.38 bits per heavy atom. The van der Waals surface area contributed by atoms with E-state index in [4.69, 9.17) is 19.2 Å². The molecule has 0 fully saturated rings. The number of hydrogen-bond acceptors (Lipinski definition) is 7. The van der Waals surface area contributed by atoms with E-state index in [1.54, 1.807) is 17.8 Å². The number of rotatable bonds is 8. The number of benzene rings is 3. The molecule has 0 unspecified atom stereocenters. The van der Waals surface area contributed by atoms with Crippen LogP contribution < -0.4 is 24.4 Å². The quantitative estimate of drug-likeness (QED) is 0.310. The maximum Gasteiger partial charge on any atom is 0.338 e. The first-order valence-corrected chi connectivity index (χ1v) is 13.4. The molecule has 1 aromatic heterocycles. The van der Waals surface area contributed by atoms with E-state index in [0.717, 1.165) is 11.1 Å². The summed E-state index contributed by atoms with van der Waals surface area (Å²) in [5, 5.41) is 0. The van der Waals surface area contributed by atoms with Crippen LogP contribution in [0.5, 0.6) is 11.5 Å². The third kappa shape index (κ3) is 5.15. The van der Waals surface area contributed by atoms with Gasteiger partial charge < -0.3 is 14.2 Å². The van der Waals surface area contributed by atoms with Crippen LogP contribution in [0.4, 0.5) is 0 Å². The second-order valence-corrected chi connectivity index (χ2v) is 9.86. The van der Waals surface area contributed by atoms with Gasteiger partial charge in [0.2, 0.25) is 0 Å². The number of carbonyl (C=O) groups is 1. The van der Waals surface area contributed by atoms with Gasteiger partial charge in [-0.1, -0.05) is 91.1 Å². The summed E-state index contributed by atoms with van der Waals surface area (Å²) in [6.07, 6.45) is 2.31. The van der Waals surface area contributed by atoms with Crippen molar-refractivity contribution in [3.05, 3.63) is 127 Å². The van der Waals surface area contributed by atoms with Crippen LogP contribution in [-0.4, -0.2) is 24.8 Å². The molecule has 0 N–H and O–H groups in total. The molecule has 7 nitrogen and oxygen atoms in total. The second kappa shape index (κ2) is 11.5. The Hall–Kier alpha value is -4.43. The summed E-state index contributed by atoms with van der Waals surface area (Å²) in [6, 6.07) is 24.2. The molecule has 0 bridgehead atoms. The zero-order chi connectivity index (χ0) is 27.4. The molecule has 39 heavy (non-hydrogen) atoms. The molecule has 2 heterocycles. The number of fused-ring (bicyclic) bond motifs is 1. The summed E-state index contributed by atoms with van der Waals surface area (Å²) < 4.78 is 19.0. The van der Waals surface area contributed by atoms with Gasteiger partial charge >= 0.3 is 5.97 Å². The van der Waals surface area contributed by atoms with Crippen LogP contribution in [0.2, 0.25) is 0 Å². The monoisotopic (exact) mass is 540 g/mol. The van der Waals surface area contributed by atoms with E-state index in [2.05, 4.69) is 0 Å². The first-order valence-electron chi connectivity index (χ1n) is 12.6. The lowest BCUT2D eigenvalue weighted by molar-refractivity contribution is -0.136. The van der Waals surface area contributed by atoms with Gasteiger partial charge in [0.05, 0.1) is 36.1 Å². The zero-order valence-corrected chi connectivity index (χ0v) is 22.7. The highest BCUT2D eigenvalue weighted by atomic mass is 32.1. The number of nitrogens with zero attached hydrogens (tertiary/aromatic N) is 2. The number of carbonyl (C=O) groups excluding carboxylic acids is 1. The molecule has 0 amide bonds. The molecule has 0 aliphatic carbocycles. The highest BCUT2D eigenvalue weighted by Gasteiger charge is 2.33. The van der Waals surface area contributed by atoms with E-state index in [0.29, 0.717) is 50.7 Å². The number of ether oxygens (including phenoxy) is 3. The molecule has 4 aromatic rings. The smallest absolute Gasteiger partial charge is 0.338 e. The molecule has 1 aliphatic heterocycles. The minimum Gasteiger partial charge on any atom is -0.493 e. The lowest BCUT2D eigenvalue weighted by Gasteiger charge is -2.25. The van der Waals surface area contributed by atoms with Gasteiger partial charge in [-0.3, -0.25) is 9.36 Å². The van der Waals surface area contributed by atoms with E-state index < -0.39 is 12.0 Å². The summed E-state index contributed by atoms with van der Waals surface area (Å²) in [5.41, 5.74) is 3.25. The fourth-order valence-corrected chi connectivity index (χ4v) is 5.66. The number of thiazole rings is 1. The number of aromatic nitrogens is 1. The predicted octanol–water partition coefficient (Wildman–Crippen LogP) is 4.39. The molecule has 1 atom stereocenters. The van der Waals surface area contributed by atoms with Gasteiger partial charge in [0.1, 0.15) is 6.61 Å². The van der Waals surface area contributed by atoms with Gasteiger partial charge in [0.25, 0.3) is 5.56 Å². The molecule has 0 spiro atoms. The number of hydrogen-bond donors (Lipinski definition) is 0. The number of methoxy groups -OCH3 is 2. The van der Waals surface area contributed by atoms with E-state index in [9.17, 15) is 9.59 Å². The van der Waals surface area contributed by atoms with E-state index in [1.807, 2.05) is 85.8 Å². The second-order valence-electron chi connectivity index (χ2n) is 8.85. The Kier molecular flexibility index (Phi) is 7.74. The zero-order valence-electron chi connectivity index (χ0n) is 21.9. The van der Waals surface area contributed by atoms with Crippen LogP contribution in [0.1, 0.15) is 36.1 Å². The van der Waals surface area contributed by atoms with Crippen molar-refractivity contribution in [1.29, 1.82) is 0 Å². The highest BCUT2D eigenvalue weighted by Crippen LogP contribution is 2.33. The van der Waals surface area contributed by atoms with Crippen molar-refractivity contribution in [2.45, 2.75) is 26.0 Å². The SMILES string of the molecule is CCC1=C(C(=O)OC)[C@@H](c2ccccc2)n2c(s/c(=C/c3cccc(OC)c3OCc3ccccc3)c2=O)=N1. The van der Waals surface area contributed by atoms with E-state index in [-0.39, 0.29) is 5.56 Å². The third-order valence-electron chi connectivity index (χ3n) is 6.51. The molecule has 8 heteroatoms. The molecule has 198 valence electrons. The van der Waals surface area contributed by atoms with Gasteiger partial charge in [0, 0.05) is 5.56 Å². The van der Waals surface area contributed by atoms with Crippen molar-refractivity contribution in [3.63, 3.8) is 0 Å². The van der Waals surface area contributed by atoms with Crippen LogP contribution in [0, 0.1) is 0 Å². The third-order valence-corrected chi connectivity index (χ3v) is 7.49. The van der Waals surface area contributed by atoms with Crippen molar-refractivity contribution in [2.24, 2.45) is 4.99 Å². The average Bonchev–Trinajstić information content (AvgIpc) is 3.29. The van der Waals surface area contributed by atoms with Gasteiger partial charge in [-0.25, -0.2) is 9.79 Å². The molecule has 0 saturated heterocycles. The maximum absolute atomic E-state index is 13.9. The van der Waals surface area contributed by atoms with E-state index >= 15 is 0 Å². The lowest BCUT2D eigenvalue weighted by atomic mass is 9.95. The fourth-order valence-electron chi connectivity index (χ4n) is 4.65. The summed E-state index contributed by atoms with van der Waals surface area (Å²) in [4.78, 5) is 32.1. The minimum atomic E-state index is -0.647. The van der Waals surface area contributed by atoms with Gasteiger partial charge in [-0.15, -0.1) is 0 Å². The predicted molar refractivity (Wildman–Crippen MR) is 151 cm³/mol. The number of para-hydroxylation sites is 1. The fraction of sp³-hybridized carbons (Fsp3) is 0.194.